The Morgan fingerprint density at radius 1 is 1.43 bits per heavy atom. The van der Waals surface area contributed by atoms with Crippen LogP contribution in [0.15, 0.2) is 18.2 Å². The molecule has 2 aromatic rings. The molecule has 1 aromatic heterocycles. The van der Waals surface area contributed by atoms with E-state index in [1.165, 1.54) is 6.07 Å². The second kappa shape index (κ2) is 2.88. The molecule has 0 saturated heterocycles. The molecular weight excluding hydrogens is 202 g/mol. The lowest BCUT2D eigenvalue weighted by Gasteiger charge is -1.97. The Hall–Kier alpha value is -1.75. The fourth-order valence-corrected chi connectivity index (χ4v) is 2.12. The number of fused-ring (bicyclic) bond motifs is 1. The van der Waals surface area contributed by atoms with Crippen LogP contribution in [-0.4, -0.2) is 16.2 Å². The molecule has 0 spiro atoms. The standard InChI is InChI=1S/C9H7NO3S/c10-5-1-2-6-4(8(5)11)3-7(14-6)9(12)13/h1-3,11H,10H2,(H,12,13). The minimum Gasteiger partial charge on any atom is -0.505 e. The highest BCUT2D eigenvalue weighted by Crippen LogP contribution is 2.35. The van der Waals surface area contributed by atoms with E-state index in [0.717, 1.165) is 11.3 Å². The summed E-state index contributed by atoms with van der Waals surface area (Å²) in [5.74, 6) is -1.05. The van der Waals surface area contributed by atoms with Crippen LogP contribution in [-0.2, 0) is 0 Å². The molecule has 0 atom stereocenters. The van der Waals surface area contributed by atoms with Gasteiger partial charge in [-0.15, -0.1) is 11.3 Å². The summed E-state index contributed by atoms with van der Waals surface area (Å²) in [5, 5.41) is 18.8. The third-order valence-electron chi connectivity index (χ3n) is 1.91. The van der Waals surface area contributed by atoms with Crippen molar-refractivity contribution in [1.29, 1.82) is 0 Å². The molecule has 0 amide bonds. The zero-order valence-electron chi connectivity index (χ0n) is 7.02. The maximum atomic E-state index is 10.7. The van der Waals surface area contributed by atoms with Crippen molar-refractivity contribution in [3.05, 3.63) is 23.1 Å². The normalized spacial score (nSPS) is 10.6. The van der Waals surface area contributed by atoms with Gasteiger partial charge in [0.15, 0.2) is 0 Å². The van der Waals surface area contributed by atoms with E-state index in [1.54, 1.807) is 12.1 Å². The smallest absolute Gasteiger partial charge is 0.345 e. The molecule has 0 aliphatic heterocycles. The van der Waals surface area contributed by atoms with Crippen LogP contribution < -0.4 is 5.73 Å². The van der Waals surface area contributed by atoms with Crippen molar-refractivity contribution in [2.24, 2.45) is 0 Å². The number of hydrogen-bond donors (Lipinski definition) is 3. The number of phenols is 1. The number of nitrogen functional groups attached to an aromatic ring is 1. The molecule has 72 valence electrons. The third-order valence-corrected chi connectivity index (χ3v) is 3.00. The quantitative estimate of drug-likeness (QED) is 0.494. The topological polar surface area (TPSA) is 83.6 Å². The van der Waals surface area contributed by atoms with Gasteiger partial charge < -0.3 is 15.9 Å². The molecule has 4 nitrogen and oxygen atoms in total. The Bertz CT molecular complexity index is 518. The Morgan fingerprint density at radius 3 is 2.79 bits per heavy atom. The summed E-state index contributed by atoms with van der Waals surface area (Å²) in [7, 11) is 0. The van der Waals surface area contributed by atoms with Gasteiger partial charge in [-0.25, -0.2) is 4.79 Å². The van der Waals surface area contributed by atoms with Crippen molar-refractivity contribution in [2.75, 3.05) is 5.73 Å². The number of carbonyl (C=O) groups is 1. The van der Waals surface area contributed by atoms with Crippen molar-refractivity contribution in [1.82, 2.24) is 0 Å². The van der Waals surface area contributed by atoms with Gasteiger partial charge >= 0.3 is 5.97 Å². The number of thiophene rings is 1. The predicted octanol–water partition coefficient (Wildman–Crippen LogP) is 1.89. The Kier molecular flexibility index (Phi) is 1.82. The molecule has 2 rings (SSSR count). The van der Waals surface area contributed by atoms with E-state index < -0.39 is 5.97 Å². The number of phenolic OH excluding ortho intramolecular Hbond substituents is 1. The number of hydrogen-bond acceptors (Lipinski definition) is 4. The zero-order chi connectivity index (χ0) is 10.3. The number of aromatic carboxylic acids is 1. The first-order valence-corrected chi connectivity index (χ1v) is 4.65. The molecular formula is C9H7NO3S. The highest BCUT2D eigenvalue weighted by atomic mass is 32.1. The highest BCUT2D eigenvalue weighted by molar-refractivity contribution is 7.20. The summed E-state index contributed by atoms with van der Waals surface area (Å²) >= 11 is 1.11. The van der Waals surface area contributed by atoms with Crippen molar-refractivity contribution in [3.8, 4) is 5.75 Å². The minimum absolute atomic E-state index is 0.0498. The molecule has 0 unspecified atom stereocenters. The maximum absolute atomic E-state index is 10.7. The average molecular weight is 209 g/mol. The van der Waals surface area contributed by atoms with Crippen LogP contribution in [0.5, 0.6) is 5.75 Å². The van der Waals surface area contributed by atoms with Crippen LogP contribution in [0.4, 0.5) is 5.69 Å². The molecule has 5 heteroatoms. The second-order valence-electron chi connectivity index (χ2n) is 2.83. The lowest BCUT2D eigenvalue weighted by atomic mass is 10.2. The van der Waals surface area contributed by atoms with E-state index in [2.05, 4.69) is 0 Å². The van der Waals surface area contributed by atoms with E-state index in [9.17, 15) is 9.90 Å². The maximum Gasteiger partial charge on any atom is 0.345 e. The predicted molar refractivity (Wildman–Crippen MR) is 54.9 cm³/mol. The first-order valence-electron chi connectivity index (χ1n) is 3.84. The summed E-state index contributed by atoms with van der Waals surface area (Å²) in [6, 6.07) is 4.68. The number of carboxylic acid groups (broad SMARTS) is 1. The molecule has 1 heterocycles. The monoisotopic (exact) mass is 209 g/mol. The van der Waals surface area contributed by atoms with Crippen LogP contribution in [0.25, 0.3) is 10.1 Å². The summed E-state index contributed by atoms with van der Waals surface area (Å²) < 4.78 is 0.717. The second-order valence-corrected chi connectivity index (χ2v) is 3.91. The number of nitrogens with two attached hydrogens (primary N) is 1. The van der Waals surface area contributed by atoms with E-state index in [-0.39, 0.29) is 16.3 Å². The lowest BCUT2D eigenvalue weighted by Crippen LogP contribution is -1.89. The van der Waals surface area contributed by atoms with Crippen LogP contribution in [0.2, 0.25) is 0 Å². The molecule has 0 bridgehead atoms. The first-order chi connectivity index (χ1) is 6.59. The Balaban J connectivity index is 2.77. The zero-order valence-corrected chi connectivity index (χ0v) is 7.84. The average Bonchev–Trinajstić information content (AvgIpc) is 2.56. The largest absolute Gasteiger partial charge is 0.505 e. The van der Waals surface area contributed by atoms with Crippen molar-refractivity contribution >= 4 is 33.1 Å². The number of aromatic hydroxyl groups is 1. The summed E-state index contributed by atoms with van der Waals surface area (Å²) in [6.45, 7) is 0. The van der Waals surface area contributed by atoms with Crippen LogP contribution in [0.3, 0.4) is 0 Å². The first kappa shape index (κ1) is 8.83. The minimum atomic E-state index is -0.996. The van der Waals surface area contributed by atoms with E-state index >= 15 is 0 Å². The van der Waals surface area contributed by atoms with Gasteiger partial charge in [0.1, 0.15) is 10.6 Å². The Morgan fingerprint density at radius 2 is 2.14 bits per heavy atom. The molecule has 0 radical (unpaired) electrons. The fourth-order valence-electron chi connectivity index (χ4n) is 1.22. The molecule has 4 N–H and O–H groups in total. The number of anilines is 1. The van der Waals surface area contributed by atoms with Gasteiger partial charge in [-0.2, -0.15) is 0 Å². The number of carboxylic acids is 1. The van der Waals surface area contributed by atoms with Crippen molar-refractivity contribution in [3.63, 3.8) is 0 Å². The highest BCUT2D eigenvalue weighted by Gasteiger charge is 2.12. The SMILES string of the molecule is Nc1ccc2sc(C(=O)O)cc2c1O. The summed E-state index contributed by atoms with van der Waals surface area (Å²) in [6.07, 6.45) is 0. The van der Waals surface area contributed by atoms with Crippen LogP contribution in [0.1, 0.15) is 9.67 Å². The van der Waals surface area contributed by atoms with Gasteiger partial charge in [-0.05, 0) is 18.2 Å². The molecule has 1 aromatic carbocycles. The summed E-state index contributed by atoms with van der Waals surface area (Å²) in [4.78, 5) is 10.9. The summed E-state index contributed by atoms with van der Waals surface area (Å²) in [5.41, 5.74) is 5.74. The third kappa shape index (κ3) is 1.18. The molecule has 0 aliphatic rings. The lowest BCUT2D eigenvalue weighted by molar-refractivity contribution is 0.0702. The van der Waals surface area contributed by atoms with Gasteiger partial charge in [-0.1, -0.05) is 0 Å². The fraction of sp³-hybridized carbons (Fsp3) is 0. The van der Waals surface area contributed by atoms with E-state index in [1.807, 2.05) is 0 Å². The molecule has 0 aliphatic carbocycles. The number of rotatable bonds is 1. The van der Waals surface area contributed by atoms with E-state index in [4.69, 9.17) is 10.8 Å². The van der Waals surface area contributed by atoms with E-state index in [0.29, 0.717) is 10.1 Å². The van der Waals surface area contributed by atoms with Gasteiger partial charge in [0, 0.05) is 10.1 Å². The van der Waals surface area contributed by atoms with Crippen LogP contribution >= 0.6 is 11.3 Å². The van der Waals surface area contributed by atoms with Gasteiger partial charge in [0.05, 0.1) is 5.69 Å². The molecule has 0 saturated carbocycles. The van der Waals surface area contributed by atoms with Gasteiger partial charge in [0.2, 0.25) is 0 Å². The number of benzene rings is 1. The molecule has 14 heavy (non-hydrogen) atoms. The molecule has 0 fully saturated rings. The Labute approximate surface area is 83.2 Å². The van der Waals surface area contributed by atoms with Gasteiger partial charge in [0.25, 0.3) is 0 Å². The van der Waals surface area contributed by atoms with Crippen molar-refractivity contribution in [2.45, 2.75) is 0 Å². The van der Waals surface area contributed by atoms with Crippen molar-refractivity contribution < 1.29 is 15.0 Å². The van der Waals surface area contributed by atoms with Crippen LogP contribution in [0, 0.1) is 0 Å². The van der Waals surface area contributed by atoms with Gasteiger partial charge in [-0.3, -0.25) is 0 Å².